The highest BCUT2D eigenvalue weighted by atomic mass is 19.1. The van der Waals surface area contributed by atoms with Gasteiger partial charge in [-0.25, -0.2) is 18.4 Å². The number of nitrogens with zero attached hydrogens (tertiary/aromatic N) is 3. The van der Waals surface area contributed by atoms with Gasteiger partial charge in [0.25, 0.3) is 5.56 Å². The summed E-state index contributed by atoms with van der Waals surface area (Å²) in [4.78, 5) is 38.8. The number of nitrogen functional groups attached to an aromatic ring is 1. The van der Waals surface area contributed by atoms with E-state index in [-0.39, 0.29) is 41.5 Å². The highest BCUT2D eigenvalue weighted by Crippen LogP contribution is 2.43. The van der Waals surface area contributed by atoms with Crippen LogP contribution < -0.4 is 32.0 Å². The van der Waals surface area contributed by atoms with Crippen LogP contribution in [0.3, 0.4) is 0 Å². The Morgan fingerprint density at radius 3 is 2.48 bits per heavy atom. The lowest BCUT2D eigenvalue weighted by Gasteiger charge is -2.24. The average molecular weight is 467 g/mol. The van der Waals surface area contributed by atoms with Gasteiger partial charge in [0.2, 0.25) is 0 Å². The number of carbonyl (C=O) groups excluding carboxylic acids is 1. The van der Waals surface area contributed by atoms with E-state index in [4.69, 9.17) is 15.3 Å². The lowest BCUT2D eigenvalue weighted by atomic mass is 10.1. The molecule has 0 spiro atoms. The van der Waals surface area contributed by atoms with E-state index in [1.807, 2.05) is 0 Å². The molecule has 180 valence electrons. The second-order valence-corrected chi connectivity index (χ2v) is 9.37. The Labute approximate surface area is 187 Å². The number of fused-ring (bicyclic) bond motifs is 1. The van der Waals surface area contributed by atoms with E-state index in [0.29, 0.717) is 17.5 Å². The van der Waals surface area contributed by atoms with Crippen molar-refractivity contribution in [3.63, 3.8) is 0 Å². The van der Waals surface area contributed by atoms with Crippen LogP contribution in [0.2, 0.25) is 0 Å². The quantitative estimate of drug-likeness (QED) is 0.653. The van der Waals surface area contributed by atoms with E-state index in [2.05, 4.69) is 5.32 Å². The number of aromatic nitrogens is 2. The summed E-state index contributed by atoms with van der Waals surface area (Å²) in [5.41, 5.74) is -2.33. The van der Waals surface area contributed by atoms with Crippen LogP contribution in [0.5, 0.6) is 5.75 Å². The summed E-state index contributed by atoms with van der Waals surface area (Å²) < 4.78 is 42.5. The highest BCUT2D eigenvalue weighted by molar-refractivity contribution is 5.91. The number of alkyl carbamates (subject to hydrolysis) is 1. The molecule has 3 N–H and O–H groups in total. The lowest BCUT2D eigenvalue weighted by molar-refractivity contribution is 0.0490. The van der Waals surface area contributed by atoms with Crippen molar-refractivity contribution in [3.8, 4) is 5.75 Å². The predicted molar refractivity (Wildman–Crippen MR) is 118 cm³/mol. The number of halogens is 2. The zero-order chi connectivity index (χ0) is 24.2. The van der Waals surface area contributed by atoms with Crippen molar-refractivity contribution in [1.29, 1.82) is 0 Å². The van der Waals surface area contributed by atoms with Crippen molar-refractivity contribution in [2.75, 3.05) is 30.9 Å². The molecule has 2 fully saturated rings. The molecular formula is C21H27F2N5O5. The van der Waals surface area contributed by atoms with Crippen LogP contribution in [0.4, 0.5) is 19.3 Å². The first-order chi connectivity index (χ1) is 15.4. The third-order valence-electron chi connectivity index (χ3n) is 5.67. The second kappa shape index (κ2) is 7.92. The van der Waals surface area contributed by atoms with Gasteiger partial charge in [0, 0.05) is 12.6 Å². The van der Waals surface area contributed by atoms with Gasteiger partial charge in [-0.1, -0.05) is 0 Å². The van der Waals surface area contributed by atoms with E-state index in [1.165, 1.54) is 16.6 Å². The van der Waals surface area contributed by atoms with Gasteiger partial charge < -0.3 is 25.5 Å². The van der Waals surface area contributed by atoms with Crippen LogP contribution in [0.1, 0.15) is 39.7 Å². The zero-order valence-corrected chi connectivity index (χ0v) is 18.9. The summed E-state index contributed by atoms with van der Waals surface area (Å²) in [7, 11) is 1.28. The molecule has 1 saturated heterocycles. The van der Waals surface area contributed by atoms with Gasteiger partial charge in [-0.3, -0.25) is 9.36 Å². The lowest BCUT2D eigenvalue weighted by Crippen LogP contribution is -2.44. The maximum absolute atomic E-state index is 15.3. The summed E-state index contributed by atoms with van der Waals surface area (Å²) in [6.45, 7) is 4.75. The van der Waals surface area contributed by atoms with Gasteiger partial charge in [-0.05, 0) is 39.7 Å². The Balaban J connectivity index is 1.77. The van der Waals surface area contributed by atoms with Gasteiger partial charge >= 0.3 is 11.8 Å². The maximum Gasteiger partial charge on any atom is 0.408 e. The number of hydrogen-bond donors (Lipinski definition) is 2. The summed E-state index contributed by atoms with van der Waals surface area (Å²) in [6.07, 6.45) is -0.906. The van der Waals surface area contributed by atoms with Gasteiger partial charge in [0.15, 0.2) is 11.6 Å². The molecule has 1 aromatic heterocycles. The number of nitrogens with two attached hydrogens (primary N) is 1. The molecule has 1 aliphatic heterocycles. The van der Waals surface area contributed by atoms with E-state index in [1.54, 1.807) is 20.8 Å². The largest absolute Gasteiger partial charge is 0.492 e. The second-order valence-electron chi connectivity index (χ2n) is 9.37. The normalized spacial score (nSPS) is 20.8. The molecule has 12 heteroatoms. The Kier molecular flexibility index (Phi) is 5.49. The molecular weight excluding hydrogens is 440 g/mol. The van der Waals surface area contributed by atoms with Crippen LogP contribution in [0.25, 0.3) is 10.9 Å². The summed E-state index contributed by atoms with van der Waals surface area (Å²) in [5.74, 6) is 4.75. The number of methoxy groups -OCH3 is 1. The van der Waals surface area contributed by atoms with E-state index < -0.39 is 41.0 Å². The van der Waals surface area contributed by atoms with Crippen LogP contribution in [0, 0.1) is 5.82 Å². The fraction of sp³-hybridized carbons (Fsp3) is 0.571. The minimum atomic E-state index is -1.51. The van der Waals surface area contributed by atoms with Crippen molar-refractivity contribution in [3.05, 3.63) is 32.7 Å². The number of ether oxygens (including phenoxy) is 2. The Hall–Kier alpha value is -3.31. The first-order valence-electron chi connectivity index (χ1n) is 10.6. The predicted octanol–water partition coefficient (Wildman–Crippen LogP) is 1.41. The van der Waals surface area contributed by atoms with Crippen molar-refractivity contribution in [2.45, 2.75) is 57.5 Å². The minimum Gasteiger partial charge on any atom is -0.492 e. The standard InChI is InChI=1S/C21H27F2N5O5/c1-21(2,3)33-19(30)25-14-9-26(8-13(14)23)16-12(22)7-11-15(17(16)32-4)27(10-5-6-10)20(31)28(24)18(11)29/h7,10,13-14H,5-6,8-9,24H2,1-4H3,(H,25,30). The number of nitrogens with one attached hydrogen (secondary N) is 1. The number of benzene rings is 1. The maximum atomic E-state index is 15.3. The average Bonchev–Trinajstić information content (AvgIpc) is 3.48. The van der Waals surface area contributed by atoms with Gasteiger partial charge in [-0.15, -0.1) is 0 Å². The smallest absolute Gasteiger partial charge is 0.408 e. The van der Waals surface area contributed by atoms with Gasteiger partial charge in [0.05, 0.1) is 25.1 Å². The topological polar surface area (TPSA) is 121 Å². The van der Waals surface area contributed by atoms with E-state index in [0.717, 1.165) is 6.07 Å². The van der Waals surface area contributed by atoms with Crippen molar-refractivity contribution in [2.24, 2.45) is 0 Å². The number of rotatable bonds is 4. The third-order valence-corrected chi connectivity index (χ3v) is 5.67. The van der Waals surface area contributed by atoms with E-state index >= 15 is 4.39 Å². The van der Waals surface area contributed by atoms with Crippen LogP contribution in [0.15, 0.2) is 15.7 Å². The molecule has 1 saturated carbocycles. The van der Waals surface area contributed by atoms with Crippen LogP contribution >= 0.6 is 0 Å². The number of anilines is 1. The first kappa shape index (κ1) is 22.9. The monoisotopic (exact) mass is 467 g/mol. The molecule has 1 aromatic carbocycles. The molecule has 0 bridgehead atoms. The molecule has 2 aromatic rings. The summed E-state index contributed by atoms with van der Waals surface area (Å²) in [5, 5.41) is 2.37. The number of hydrogen-bond acceptors (Lipinski definition) is 7. The molecule has 1 amide bonds. The Morgan fingerprint density at radius 1 is 1.24 bits per heavy atom. The van der Waals surface area contributed by atoms with Crippen LogP contribution in [-0.4, -0.2) is 53.4 Å². The highest BCUT2D eigenvalue weighted by Gasteiger charge is 2.39. The molecule has 33 heavy (non-hydrogen) atoms. The molecule has 4 rings (SSSR count). The minimum absolute atomic E-state index is 0.0585. The molecule has 2 unspecified atom stereocenters. The molecule has 2 atom stereocenters. The van der Waals surface area contributed by atoms with Crippen molar-refractivity contribution in [1.82, 2.24) is 14.6 Å². The van der Waals surface area contributed by atoms with E-state index in [9.17, 15) is 18.8 Å². The molecule has 2 heterocycles. The third kappa shape index (κ3) is 4.09. The van der Waals surface area contributed by atoms with Gasteiger partial charge in [-0.2, -0.15) is 4.68 Å². The number of carbonyl (C=O) groups is 1. The molecule has 2 aliphatic rings. The summed E-state index contributed by atoms with van der Waals surface area (Å²) in [6, 6.07) is -0.169. The first-order valence-corrected chi connectivity index (χ1v) is 10.6. The van der Waals surface area contributed by atoms with Gasteiger partial charge in [0.1, 0.15) is 23.0 Å². The van der Waals surface area contributed by atoms with Crippen molar-refractivity contribution >= 4 is 22.7 Å². The number of alkyl halides is 1. The van der Waals surface area contributed by atoms with Crippen molar-refractivity contribution < 1.29 is 23.0 Å². The zero-order valence-electron chi connectivity index (χ0n) is 18.9. The molecule has 1 aliphatic carbocycles. The summed E-state index contributed by atoms with van der Waals surface area (Å²) >= 11 is 0. The molecule has 10 nitrogen and oxygen atoms in total. The Bertz CT molecular complexity index is 1230. The SMILES string of the molecule is COc1c(N2CC(F)C(NC(=O)OC(C)(C)C)C2)c(F)cc2c(=O)n(N)c(=O)n(C3CC3)c12. The number of amides is 1. The van der Waals surface area contributed by atoms with Crippen LogP contribution in [-0.2, 0) is 4.74 Å². The fourth-order valence-corrected chi connectivity index (χ4v) is 4.14. The fourth-order valence-electron chi connectivity index (χ4n) is 4.14. The molecule has 0 radical (unpaired) electrons. The Morgan fingerprint density at radius 2 is 1.91 bits per heavy atom.